The van der Waals surface area contributed by atoms with E-state index in [-0.39, 0.29) is 11.6 Å². The Morgan fingerprint density at radius 2 is 1.75 bits per heavy atom. The van der Waals surface area contributed by atoms with Gasteiger partial charge in [-0.3, -0.25) is 0 Å². The first kappa shape index (κ1) is 19.9. The van der Waals surface area contributed by atoms with Crippen molar-refractivity contribution in [3.8, 4) is 5.69 Å². The average Bonchev–Trinajstić information content (AvgIpc) is 3.38. The minimum atomic E-state index is -1.01. The van der Waals surface area contributed by atoms with Gasteiger partial charge in [0.1, 0.15) is 0 Å². The molecule has 7 heteroatoms. The van der Waals surface area contributed by atoms with Crippen LogP contribution in [0.25, 0.3) is 16.7 Å². The van der Waals surface area contributed by atoms with Crippen molar-refractivity contribution < 1.29 is 19.4 Å². The normalized spacial score (nSPS) is 21.2. The summed E-state index contributed by atoms with van der Waals surface area (Å²) < 4.78 is 13.7. The topological polar surface area (TPSA) is 86.5 Å². The molecule has 1 aromatic carbocycles. The van der Waals surface area contributed by atoms with Gasteiger partial charge in [-0.05, 0) is 55.4 Å². The van der Waals surface area contributed by atoms with Gasteiger partial charge in [0, 0.05) is 24.1 Å². The Hall–Kier alpha value is -2.77. The van der Waals surface area contributed by atoms with E-state index in [1.807, 2.05) is 35.0 Å². The number of hydrogen-bond donors (Lipinski definition) is 1. The maximum absolute atomic E-state index is 12.0. The number of ether oxygens (including phenoxy) is 2. The van der Waals surface area contributed by atoms with Gasteiger partial charge in [0.05, 0.1) is 24.6 Å². The second kappa shape index (κ2) is 7.67. The average molecular weight is 434 g/mol. The van der Waals surface area contributed by atoms with E-state index in [2.05, 4.69) is 4.98 Å². The summed E-state index contributed by atoms with van der Waals surface area (Å²) in [6.45, 7) is 1.31. The second-order valence-electron chi connectivity index (χ2n) is 9.24. The number of aromatic nitrogens is 3. The quantitative estimate of drug-likeness (QED) is 0.637. The number of rotatable bonds is 4. The van der Waals surface area contributed by atoms with Crippen LogP contribution in [0, 0.1) is 0 Å². The van der Waals surface area contributed by atoms with E-state index in [4.69, 9.17) is 14.6 Å². The van der Waals surface area contributed by atoms with Crippen molar-refractivity contribution in [1.29, 1.82) is 0 Å². The predicted octanol–water partition coefficient (Wildman–Crippen LogP) is 4.79. The fraction of sp³-hybridized carbons (Fsp3) is 0.480. The van der Waals surface area contributed by atoms with Gasteiger partial charge >= 0.3 is 5.97 Å². The van der Waals surface area contributed by atoms with Gasteiger partial charge in [0.25, 0.3) is 0 Å². The first-order valence-corrected chi connectivity index (χ1v) is 11.6. The van der Waals surface area contributed by atoms with Crippen LogP contribution in [-0.4, -0.2) is 44.8 Å². The molecular formula is C25H27N3O4. The number of aromatic carboxylic acids is 1. The van der Waals surface area contributed by atoms with Gasteiger partial charge in [-0.2, -0.15) is 5.10 Å². The minimum Gasteiger partial charge on any atom is -0.477 e. The molecule has 32 heavy (non-hydrogen) atoms. The SMILES string of the molecule is O=C(O)c1cc(C2CCC3(CC2)OCCO3)c2c(C3CCC3)nn(-c3ccccc3)c2n1. The predicted molar refractivity (Wildman–Crippen MR) is 118 cm³/mol. The van der Waals surface area contributed by atoms with Crippen LogP contribution < -0.4 is 0 Å². The molecule has 1 N–H and O–H groups in total. The van der Waals surface area contributed by atoms with Gasteiger partial charge in [0.15, 0.2) is 17.1 Å². The number of pyridine rings is 1. The lowest BCUT2D eigenvalue weighted by molar-refractivity contribution is -0.178. The summed E-state index contributed by atoms with van der Waals surface area (Å²) >= 11 is 0. The first-order valence-electron chi connectivity index (χ1n) is 11.6. The van der Waals surface area contributed by atoms with E-state index in [1.54, 1.807) is 6.07 Å². The third-order valence-corrected chi connectivity index (χ3v) is 7.41. The Morgan fingerprint density at radius 1 is 1.03 bits per heavy atom. The molecule has 1 spiro atoms. The summed E-state index contributed by atoms with van der Waals surface area (Å²) in [5.41, 5.74) is 3.78. The molecule has 166 valence electrons. The highest BCUT2D eigenvalue weighted by Crippen LogP contribution is 2.47. The maximum atomic E-state index is 12.0. The van der Waals surface area contributed by atoms with Crippen molar-refractivity contribution in [3.05, 3.63) is 53.3 Å². The van der Waals surface area contributed by atoms with E-state index in [0.717, 1.165) is 60.9 Å². The first-order chi connectivity index (χ1) is 15.6. The van der Waals surface area contributed by atoms with Crippen LogP contribution in [0.1, 0.15) is 78.5 Å². The minimum absolute atomic E-state index is 0.0818. The molecule has 0 bridgehead atoms. The van der Waals surface area contributed by atoms with Crippen molar-refractivity contribution in [1.82, 2.24) is 14.8 Å². The lowest BCUT2D eigenvalue weighted by atomic mass is 9.77. The monoisotopic (exact) mass is 433 g/mol. The standard InChI is InChI=1S/C25H27N3O4/c29-24(30)20-15-19(16-9-11-25(12-10-16)31-13-14-32-25)21-22(17-5-4-6-17)27-28(23(21)26-20)18-7-2-1-3-8-18/h1-3,7-8,15-17H,4-6,9-14H2,(H,29,30). The van der Waals surface area contributed by atoms with Gasteiger partial charge in [-0.1, -0.05) is 24.6 Å². The molecule has 3 aliphatic rings. The van der Waals surface area contributed by atoms with E-state index in [1.165, 1.54) is 6.42 Å². The fourth-order valence-corrected chi connectivity index (χ4v) is 5.47. The maximum Gasteiger partial charge on any atom is 0.354 e. The van der Waals surface area contributed by atoms with Crippen LogP contribution in [-0.2, 0) is 9.47 Å². The second-order valence-corrected chi connectivity index (χ2v) is 9.24. The fourth-order valence-electron chi connectivity index (χ4n) is 5.47. The Balaban J connectivity index is 1.51. The van der Waals surface area contributed by atoms with Crippen LogP contribution in [0.3, 0.4) is 0 Å². The largest absolute Gasteiger partial charge is 0.477 e. The van der Waals surface area contributed by atoms with Crippen LogP contribution in [0.15, 0.2) is 36.4 Å². The molecule has 2 saturated carbocycles. The Morgan fingerprint density at radius 3 is 2.38 bits per heavy atom. The molecule has 2 aromatic heterocycles. The van der Waals surface area contributed by atoms with Gasteiger partial charge in [-0.15, -0.1) is 0 Å². The third kappa shape index (κ3) is 3.22. The van der Waals surface area contributed by atoms with Crippen LogP contribution in [0.4, 0.5) is 0 Å². The number of fused-ring (bicyclic) bond motifs is 1. The summed E-state index contributed by atoms with van der Waals surface area (Å²) in [6.07, 6.45) is 6.91. The number of benzene rings is 1. The van der Waals surface area contributed by atoms with Gasteiger partial charge in [0.2, 0.25) is 0 Å². The van der Waals surface area contributed by atoms with Gasteiger partial charge < -0.3 is 14.6 Å². The van der Waals surface area contributed by atoms with Crippen molar-refractivity contribution >= 4 is 17.0 Å². The Bertz CT molecular complexity index is 1150. The molecule has 1 saturated heterocycles. The van der Waals surface area contributed by atoms with Crippen molar-refractivity contribution in [3.63, 3.8) is 0 Å². The van der Waals surface area contributed by atoms with Crippen LogP contribution in [0.2, 0.25) is 0 Å². The van der Waals surface area contributed by atoms with Crippen molar-refractivity contribution in [2.24, 2.45) is 0 Å². The zero-order valence-electron chi connectivity index (χ0n) is 18.0. The zero-order valence-corrected chi connectivity index (χ0v) is 18.0. The van der Waals surface area contributed by atoms with E-state index >= 15 is 0 Å². The number of para-hydroxylation sites is 1. The number of carboxylic acids is 1. The highest BCUT2D eigenvalue weighted by atomic mass is 16.7. The molecule has 3 heterocycles. The van der Waals surface area contributed by atoms with Crippen molar-refractivity contribution in [2.45, 2.75) is 62.6 Å². The van der Waals surface area contributed by atoms with Gasteiger partial charge in [-0.25, -0.2) is 14.5 Å². The van der Waals surface area contributed by atoms with E-state index < -0.39 is 11.8 Å². The summed E-state index contributed by atoms with van der Waals surface area (Å²) in [7, 11) is 0. The molecule has 0 atom stereocenters. The number of nitrogens with zero attached hydrogens (tertiary/aromatic N) is 3. The summed E-state index contributed by atoms with van der Waals surface area (Å²) in [4.78, 5) is 16.6. The summed E-state index contributed by atoms with van der Waals surface area (Å²) in [5, 5.41) is 15.9. The third-order valence-electron chi connectivity index (χ3n) is 7.41. The number of carbonyl (C=O) groups is 1. The number of carboxylic acid groups (broad SMARTS) is 1. The molecular weight excluding hydrogens is 406 g/mol. The van der Waals surface area contributed by atoms with Crippen LogP contribution in [0.5, 0.6) is 0 Å². The smallest absolute Gasteiger partial charge is 0.354 e. The molecule has 0 radical (unpaired) electrons. The Kier molecular flexibility index (Phi) is 4.77. The summed E-state index contributed by atoms with van der Waals surface area (Å²) in [6, 6.07) is 11.7. The molecule has 0 amide bonds. The molecule has 3 aromatic rings. The Labute approximate surface area is 186 Å². The lowest BCUT2D eigenvalue weighted by Gasteiger charge is -2.36. The molecule has 0 unspecified atom stereocenters. The number of hydrogen-bond acceptors (Lipinski definition) is 5. The highest BCUT2D eigenvalue weighted by Gasteiger charge is 2.41. The summed E-state index contributed by atoms with van der Waals surface area (Å²) in [5.74, 6) is -0.795. The molecule has 2 aliphatic carbocycles. The molecule has 1 aliphatic heterocycles. The van der Waals surface area contributed by atoms with E-state index in [0.29, 0.717) is 24.8 Å². The van der Waals surface area contributed by atoms with Crippen molar-refractivity contribution in [2.75, 3.05) is 13.2 Å². The molecule has 3 fully saturated rings. The molecule has 6 rings (SSSR count). The van der Waals surface area contributed by atoms with E-state index in [9.17, 15) is 9.90 Å². The highest BCUT2D eigenvalue weighted by molar-refractivity contribution is 5.92. The zero-order chi connectivity index (χ0) is 21.7. The molecule has 7 nitrogen and oxygen atoms in total. The lowest BCUT2D eigenvalue weighted by Crippen LogP contribution is -2.34. The van der Waals surface area contributed by atoms with Crippen LogP contribution >= 0.6 is 0 Å².